The second-order valence-corrected chi connectivity index (χ2v) is 6.71. The van der Waals surface area contributed by atoms with E-state index in [-0.39, 0.29) is 17.4 Å². The summed E-state index contributed by atoms with van der Waals surface area (Å²) in [5.41, 5.74) is 6.31. The van der Waals surface area contributed by atoms with Gasteiger partial charge in [-0.2, -0.15) is 4.98 Å². The van der Waals surface area contributed by atoms with Crippen LogP contribution in [-0.2, 0) is 13.0 Å². The number of aromatic amines is 1. The van der Waals surface area contributed by atoms with Gasteiger partial charge in [-0.05, 0) is 47.2 Å². The van der Waals surface area contributed by atoms with Gasteiger partial charge < -0.3 is 14.8 Å². The monoisotopic (exact) mass is 453 g/mol. The summed E-state index contributed by atoms with van der Waals surface area (Å²) in [4.78, 5) is 30.1. The lowest BCUT2D eigenvalue weighted by Gasteiger charge is -2.09. The molecule has 0 fully saturated rings. The molecule has 3 rings (SSSR count). The number of nitrogens with two attached hydrogens (primary N) is 1. The van der Waals surface area contributed by atoms with Gasteiger partial charge in [0.05, 0.1) is 0 Å². The van der Waals surface area contributed by atoms with Gasteiger partial charge in [0.2, 0.25) is 11.7 Å². The second-order valence-electron chi connectivity index (χ2n) is 5.47. The Hall–Kier alpha value is -2.27. The Morgan fingerprint density at radius 2 is 2.20 bits per heavy atom. The van der Waals surface area contributed by atoms with E-state index < -0.39 is 11.2 Å². The molecule has 1 atom stereocenters. The predicted octanol–water partition coefficient (Wildman–Crippen LogP) is 1.45. The third kappa shape index (κ3) is 3.87. The molecule has 0 unspecified atom stereocenters. The molecule has 2 heterocycles. The molecule has 0 aliphatic heterocycles. The number of H-pyrrole nitrogens is 1. The fourth-order valence-corrected chi connectivity index (χ4v) is 2.96. The highest BCUT2D eigenvalue weighted by atomic mass is 127. The van der Waals surface area contributed by atoms with E-state index in [2.05, 4.69) is 37.7 Å². The largest absolute Gasteiger partial charge is 0.339 e. The molecule has 0 spiro atoms. The van der Waals surface area contributed by atoms with Crippen molar-refractivity contribution in [2.75, 3.05) is 0 Å². The lowest BCUT2D eigenvalue weighted by Crippen LogP contribution is -2.30. The Kier molecular flexibility index (Phi) is 5.13. The number of benzene rings is 1. The van der Waals surface area contributed by atoms with Crippen LogP contribution in [0.15, 0.2) is 44.6 Å². The van der Waals surface area contributed by atoms with Crippen LogP contribution in [0.3, 0.4) is 0 Å². The topological polar surface area (TPSA) is 120 Å². The molecule has 0 radical (unpaired) electrons. The maximum absolute atomic E-state index is 12.0. The molecule has 3 aromatic rings. The molecule has 2 aromatic heterocycles. The highest BCUT2D eigenvalue weighted by molar-refractivity contribution is 14.1. The van der Waals surface area contributed by atoms with Gasteiger partial charge in [0.1, 0.15) is 5.56 Å². The average Bonchev–Trinajstić information content (AvgIpc) is 3.03. The number of aromatic nitrogens is 4. The van der Waals surface area contributed by atoms with Crippen molar-refractivity contribution in [1.29, 1.82) is 0 Å². The first-order valence-electron chi connectivity index (χ1n) is 7.65. The van der Waals surface area contributed by atoms with Gasteiger partial charge in [0.25, 0.3) is 5.56 Å². The summed E-state index contributed by atoms with van der Waals surface area (Å²) in [6.07, 6.45) is 1.77. The molecule has 1 aromatic carbocycles. The smallest absolute Gasteiger partial charge is 0.328 e. The van der Waals surface area contributed by atoms with E-state index in [1.165, 1.54) is 10.8 Å². The van der Waals surface area contributed by atoms with Crippen LogP contribution >= 0.6 is 22.6 Å². The van der Waals surface area contributed by atoms with Crippen LogP contribution in [0, 0.1) is 3.57 Å². The van der Waals surface area contributed by atoms with E-state index in [0.29, 0.717) is 18.9 Å². The number of nitrogens with one attached hydrogen (secondary N) is 1. The Morgan fingerprint density at radius 1 is 1.40 bits per heavy atom. The molecule has 0 aliphatic carbocycles. The predicted molar refractivity (Wildman–Crippen MR) is 100 cm³/mol. The van der Waals surface area contributed by atoms with Crippen LogP contribution in [0.1, 0.15) is 24.4 Å². The lowest BCUT2D eigenvalue weighted by molar-refractivity contribution is 0.370. The summed E-state index contributed by atoms with van der Waals surface area (Å²) in [6.45, 7) is 2.22. The second kappa shape index (κ2) is 7.31. The number of hydrogen-bond donors (Lipinski definition) is 2. The number of aryl methyl sites for hydroxylation is 1. The van der Waals surface area contributed by atoms with Gasteiger partial charge in [0, 0.05) is 28.8 Å². The van der Waals surface area contributed by atoms with E-state index in [4.69, 9.17) is 10.3 Å². The van der Waals surface area contributed by atoms with Crippen LogP contribution in [-0.4, -0.2) is 19.7 Å². The standard InChI is InChI=1S/C16H16IN5O3/c1-2-22-8-11(15(23)20-16(22)24)14-19-13(25-21-14)7-12(18)9-4-3-5-10(17)6-9/h3-6,8,12H,2,7,18H2,1H3,(H,20,23,24)/t12-/m1/s1. The first-order chi connectivity index (χ1) is 12.0. The first kappa shape index (κ1) is 17.5. The van der Waals surface area contributed by atoms with Crippen LogP contribution in [0.25, 0.3) is 11.4 Å². The normalized spacial score (nSPS) is 12.3. The fourth-order valence-electron chi connectivity index (χ4n) is 2.39. The lowest BCUT2D eigenvalue weighted by atomic mass is 10.1. The molecule has 0 amide bonds. The number of rotatable bonds is 5. The van der Waals surface area contributed by atoms with Crippen molar-refractivity contribution in [1.82, 2.24) is 19.7 Å². The molecule has 0 saturated carbocycles. The van der Waals surface area contributed by atoms with E-state index in [9.17, 15) is 9.59 Å². The molecule has 8 nitrogen and oxygen atoms in total. The van der Waals surface area contributed by atoms with Gasteiger partial charge in [-0.3, -0.25) is 9.78 Å². The fraction of sp³-hybridized carbons (Fsp3) is 0.250. The molecular formula is C16H16IN5O3. The minimum atomic E-state index is -0.552. The minimum absolute atomic E-state index is 0.133. The minimum Gasteiger partial charge on any atom is -0.339 e. The van der Waals surface area contributed by atoms with E-state index in [1.807, 2.05) is 24.3 Å². The Morgan fingerprint density at radius 3 is 2.92 bits per heavy atom. The van der Waals surface area contributed by atoms with Crippen molar-refractivity contribution >= 4 is 22.6 Å². The van der Waals surface area contributed by atoms with Crippen LogP contribution in [0.5, 0.6) is 0 Å². The summed E-state index contributed by atoms with van der Waals surface area (Å²) in [6, 6.07) is 7.54. The molecule has 9 heteroatoms. The van der Waals surface area contributed by atoms with Gasteiger partial charge in [0.15, 0.2) is 0 Å². The summed E-state index contributed by atoms with van der Waals surface area (Å²) in [7, 11) is 0. The van der Waals surface area contributed by atoms with Gasteiger partial charge in [-0.25, -0.2) is 4.79 Å². The zero-order valence-corrected chi connectivity index (χ0v) is 15.6. The molecule has 0 bridgehead atoms. The van der Waals surface area contributed by atoms with Crippen molar-refractivity contribution in [3.63, 3.8) is 0 Å². The van der Waals surface area contributed by atoms with E-state index in [0.717, 1.165) is 9.13 Å². The highest BCUT2D eigenvalue weighted by Crippen LogP contribution is 2.19. The average molecular weight is 453 g/mol. The molecule has 0 aliphatic rings. The molecule has 130 valence electrons. The van der Waals surface area contributed by atoms with Gasteiger partial charge >= 0.3 is 5.69 Å². The third-order valence-corrected chi connectivity index (χ3v) is 4.40. The zero-order valence-electron chi connectivity index (χ0n) is 13.4. The number of hydrogen-bond acceptors (Lipinski definition) is 6. The Bertz CT molecular complexity index is 1010. The van der Waals surface area contributed by atoms with E-state index >= 15 is 0 Å². The van der Waals surface area contributed by atoms with Crippen LogP contribution in [0.2, 0.25) is 0 Å². The van der Waals surface area contributed by atoms with Crippen molar-refractivity contribution in [2.45, 2.75) is 25.9 Å². The van der Waals surface area contributed by atoms with E-state index in [1.54, 1.807) is 6.92 Å². The maximum Gasteiger partial charge on any atom is 0.328 e. The van der Waals surface area contributed by atoms with Gasteiger partial charge in [-0.15, -0.1) is 0 Å². The van der Waals surface area contributed by atoms with Gasteiger partial charge in [-0.1, -0.05) is 17.3 Å². The SMILES string of the molecule is CCn1cc(-c2noc(C[C@@H](N)c3cccc(I)c3)n2)c(=O)[nH]c1=O. The zero-order chi connectivity index (χ0) is 18.0. The Balaban J connectivity index is 1.86. The van der Waals surface area contributed by atoms with Crippen molar-refractivity contribution in [3.8, 4) is 11.4 Å². The van der Waals surface area contributed by atoms with Crippen molar-refractivity contribution in [2.24, 2.45) is 5.73 Å². The molecular weight excluding hydrogens is 437 g/mol. The van der Waals surface area contributed by atoms with Crippen molar-refractivity contribution < 1.29 is 4.52 Å². The van der Waals surface area contributed by atoms with Crippen molar-refractivity contribution in [3.05, 3.63) is 66.3 Å². The van der Waals surface area contributed by atoms with Crippen LogP contribution < -0.4 is 17.0 Å². The summed E-state index contributed by atoms with van der Waals surface area (Å²) >= 11 is 2.22. The Labute approximate surface area is 156 Å². The number of nitrogens with zero attached hydrogens (tertiary/aromatic N) is 3. The third-order valence-electron chi connectivity index (χ3n) is 3.73. The summed E-state index contributed by atoms with van der Waals surface area (Å²) in [5, 5.41) is 3.84. The first-order valence-corrected chi connectivity index (χ1v) is 8.73. The number of halogens is 1. The quantitative estimate of drug-likeness (QED) is 0.565. The summed E-state index contributed by atoms with van der Waals surface area (Å²) in [5.74, 6) is 0.461. The highest BCUT2D eigenvalue weighted by Gasteiger charge is 2.17. The van der Waals surface area contributed by atoms with Crippen LogP contribution in [0.4, 0.5) is 0 Å². The molecule has 25 heavy (non-hydrogen) atoms. The molecule has 3 N–H and O–H groups in total. The maximum atomic E-state index is 12.0. The molecule has 0 saturated heterocycles. The summed E-state index contributed by atoms with van der Waals surface area (Å²) < 4.78 is 7.67.